The van der Waals surface area contributed by atoms with E-state index in [9.17, 15) is 4.79 Å². The topological polar surface area (TPSA) is 38.8 Å². The lowest BCUT2D eigenvalue weighted by Crippen LogP contribution is -2.19. The molecule has 1 aliphatic rings. The maximum atomic E-state index is 11.6. The Labute approximate surface area is 109 Å². The molecule has 0 N–H and O–H groups in total. The van der Waals surface area contributed by atoms with Gasteiger partial charge in [0.15, 0.2) is 6.10 Å². The fourth-order valence-corrected chi connectivity index (χ4v) is 2.40. The average Bonchev–Trinajstić information content (AvgIpc) is 2.96. The van der Waals surface area contributed by atoms with Crippen LogP contribution in [-0.4, -0.2) is 18.7 Å². The molecule has 0 spiro atoms. The molecule has 4 heteroatoms. The van der Waals surface area contributed by atoms with Crippen LogP contribution in [0.3, 0.4) is 0 Å². The van der Waals surface area contributed by atoms with Gasteiger partial charge in [0.05, 0.1) is 6.61 Å². The molecule has 0 aliphatic carbocycles. The fourth-order valence-electron chi connectivity index (χ4n) is 2.04. The number of carbonyl (C=O) groups excluding carboxylic acids is 1. The maximum Gasteiger partial charge on any atom is 0.338 e. The Bertz CT molecular complexity index is 458. The molecule has 1 aromatic rings. The number of benzene rings is 1. The molecule has 0 saturated carbocycles. The Morgan fingerprint density at radius 2 is 2.29 bits per heavy atom. The Morgan fingerprint density at radius 3 is 2.94 bits per heavy atom. The number of epoxide rings is 1. The van der Waals surface area contributed by atoms with Gasteiger partial charge >= 0.3 is 5.97 Å². The number of rotatable bonds is 3. The first-order valence-electron chi connectivity index (χ1n) is 5.60. The van der Waals surface area contributed by atoms with Gasteiger partial charge in [-0.3, -0.25) is 0 Å². The summed E-state index contributed by atoms with van der Waals surface area (Å²) in [5.74, 6) is -0.283. The molecule has 2 atom stereocenters. The normalized spacial score (nSPS) is 26.7. The summed E-state index contributed by atoms with van der Waals surface area (Å²) in [6, 6.07) is 5.98. The van der Waals surface area contributed by atoms with Crippen molar-refractivity contribution in [2.75, 3.05) is 6.61 Å². The van der Waals surface area contributed by atoms with Crippen LogP contribution in [0.2, 0.25) is 0 Å². The molecule has 1 aromatic carbocycles. The van der Waals surface area contributed by atoms with Crippen LogP contribution in [0.4, 0.5) is 0 Å². The predicted molar refractivity (Wildman–Crippen MR) is 67.7 cm³/mol. The van der Waals surface area contributed by atoms with Crippen LogP contribution in [0.5, 0.6) is 0 Å². The van der Waals surface area contributed by atoms with E-state index in [2.05, 4.69) is 15.9 Å². The van der Waals surface area contributed by atoms with Gasteiger partial charge in [-0.2, -0.15) is 0 Å². The Morgan fingerprint density at radius 1 is 1.59 bits per heavy atom. The van der Waals surface area contributed by atoms with Crippen molar-refractivity contribution in [2.24, 2.45) is 0 Å². The fraction of sp³-hybridized carbons (Fsp3) is 0.462. The lowest BCUT2D eigenvalue weighted by molar-refractivity contribution is -0.144. The summed E-state index contributed by atoms with van der Waals surface area (Å²) >= 11 is 3.43. The van der Waals surface area contributed by atoms with Gasteiger partial charge in [0.25, 0.3) is 0 Å². The van der Waals surface area contributed by atoms with E-state index in [1.54, 1.807) is 6.92 Å². The van der Waals surface area contributed by atoms with E-state index >= 15 is 0 Å². The first-order chi connectivity index (χ1) is 7.99. The number of ether oxygens (including phenoxy) is 2. The molecule has 1 aliphatic heterocycles. The number of esters is 1. The molecule has 0 aromatic heterocycles. The van der Waals surface area contributed by atoms with E-state index in [1.807, 2.05) is 32.0 Å². The summed E-state index contributed by atoms with van der Waals surface area (Å²) in [6.07, 6.45) is -0.476. The zero-order valence-corrected chi connectivity index (χ0v) is 11.7. The quantitative estimate of drug-likeness (QED) is 0.636. The van der Waals surface area contributed by atoms with Crippen molar-refractivity contribution in [3.8, 4) is 0 Å². The molecular weight excluding hydrogens is 284 g/mol. The Balaban J connectivity index is 2.24. The molecule has 3 nitrogen and oxygen atoms in total. The summed E-state index contributed by atoms with van der Waals surface area (Å²) < 4.78 is 11.5. The molecule has 2 unspecified atom stereocenters. The van der Waals surface area contributed by atoms with Gasteiger partial charge in [0, 0.05) is 4.47 Å². The highest BCUT2D eigenvalue weighted by Gasteiger charge is 2.59. The van der Waals surface area contributed by atoms with Gasteiger partial charge in [-0.1, -0.05) is 22.0 Å². The second-order valence-corrected chi connectivity index (χ2v) is 5.23. The lowest BCUT2D eigenvalue weighted by Gasteiger charge is -2.11. The van der Waals surface area contributed by atoms with Crippen molar-refractivity contribution >= 4 is 21.9 Å². The Kier molecular flexibility index (Phi) is 3.27. The van der Waals surface area contributed by atoms with Crippen molar-refractivity contribution in [2.45, 2.75) is 32.5 Å². The number of hydrogen-bond acceptors (Lipinski definition) is 3. The third-order valence-electron chi connectivity index (χ3n) is 3.04. The summed E-state index contributed by atoms with van der Waals surface area (Å²) in [5, 5.41) is 0. The molecular formula is C13H15BrO3. The van der Waals surface area contributed by atoms with Gasteiger partial charge in [-0.15, -0.1) is 0 Å². The van der Waals surface area contributed by atoms with Gasteiger partial charge in [-0.05, 0) is 44.0 Å². The van der Waals surface area contributed by atoms with Crippen LogP contribution < -0.4 is 0 Å². The van der Waals surface area contributed by atoms with Crippen molar-refractivity contribution in [3.63, 3.8) is 0 Å². The second kappa shape index (κ2) is 4.42. The molecule has 0 amide bonds. The minimum Gasteiger partial charge on any atom is -0.464 e. The van der Waals surface area contributed by atoms with Gasteiger partial charge in [-0.25, -0.2) is 4.79 Å². The van der Waals surface area contributed by atoms with E-state index < -0.39 is 11.7 Å². The monoisotopic (exact) mass is 298 g/mol. The molecule has 1 fully saturated rings. The Hall–Kier alpha value is -0.870. The van der Waals surface area contributed by atoms with Crippen molar-refractivity contribution in [3.05, 3.63) is 33.8 Å². The minimum atomic E-state index is -0.542. The highest BCUT2D eigenvalue weighted by atomic mass is 79.9. The summed E-state index contributed by atoms with van der Waals surface area (Å²) in [6.45, 7) is 6.11. The van der Waals surface area contributed by atoms with E-state index in [4.69, 9.17) is 9.47 Å². The summed E-state index contributed by atoms with van der Waals surface area (Å²) in [5.41, 5.74) is 1.60. The van der Waals surface area contributed by atoms with Gasteiger partial charge < -0.3 is 9.47 Å². The SMILES string of the molecule is CCOC(=O)C1OC1(C)c1cc(Br)ccc1C. The van der Waals surface area contributed by atoms with E-state index in [0.717, 1.165) is 15.6 Å². The number of hydrogen-bond donors (Lipinski definition) is 0. The lowest BCUT2D eigenvalue weighted by atomic mass is 9.93. The molecule has 2 rings (SSSR count). The average molecular weight is 299 g/mol. The summed E-state index contributed by atoms with van der Waals surface area (Å²) in [4.78, 5) is 11.6. The highest BCUT2D eigenvalue weighted by molar-refractivity contribution is 9.10. The maximum absolute atomic E-state index is 11.6. The largest absolute Gasteiger partial charge is 0.464 e. The zero-order valence-electron chi connectivity index (χ0n) is 10.1. The first-order valence-corrected chi connectivity index (χ1v) is 6.39. The van der Waals surface area contributed by atoms with Crippen LogP contribution in [0.1, 0.15) is 25.0 Å². The van der Waals surface area contributed by atoms with E-state index in [1.165, 1.54) is 0 Å². The van der Waals surface area contributed by atoms with Crippen LogP contribution in [0.25, 0.3) is 0 Å². The van der Waals surface area contributed by atoms with Crippen LogP contribution in [-0.2, 0) is 19.9 Å². The van der Waals surface area contributed by atoms with Crippen molar-refractivity contribution in [1.82, 2.24) is 0 Å². The molecule has 0 radical (unpaired) electrons. The highest BCUT2D eigenvalue weighted by Crippen LogP contribution is 2.48. The van der Waals surface area contributed by atoms with E-state index in [-0.39, 0.29) is 5.97 Å². The van der Waals surface area contributed by atoms with Gasteiger partial charge in [0.1, 0.15) is 5.60 Å². The molecule has 92 valence electrons. The standard InChI is InChI=1S/C13H15BrO3/c1-4-16-12(15)11-13(3,17-11)10-7-9(14)6-5-8(10)2/h5-7,11H,4H2,1-3H3. The molecule has 1 saturated heterocycles. The predicted octanol–water partition coefficient (Wildman–Crippen LogP) is 2.93. The number of aryl methyl sites for hydroxylation is 1. The third-order valence-corrected chi connectivity index (χ3v) is 3.53. The molecule has 17 heavy (non-hydrogen) atoms. The van der Waals surface area contributed by atoms with Crippen LogP contribution >= 0.6 is 15.9 Å². The molecule has 0 bridgehead atoms. The van der Waals surface area contributed by atoms with Crippen LogP contribution in [0.15, 0.2) is 22.7 Å². The van der Waals surface area contributed by atoms with Gasteiger partial charge in [0.2, 0.25) is 0 Å². The second-order valence-electron chi connectivity index (χ2n) is 4.32. The number of halogens is 1. The van der Waals surface area contributed by atoms with Crippen LogP contribution in [0, 0.1) is 6.92 Å². The number of carbonyl (C=O) groups is 1. The molecule has 1 heterocycles. The van der Waals surface area contributed by atoms with E-state index in [0.29, 0.717) is 6.61 Å². The minimum absolute atomic E-state index is 0.283. The van der Waals surface area contributed by atoms with Crippen molar-refractivity contribution in [1.29, 1.82) is 0 Å². The smallest absolute Gasteiger partial charge is 0.338 e. The third kappa shape index (κ3) is 2.24. The summed E-state index contributed by atoms with van der Waals surface area (Å²) in [7, 11) is 0. The van der Waals surface area contributed by atoms with Crippen molar-refractivity contribution < 1.29 is 14.3 Å². The zero-order chi connectivity index (χ0) is 12.6. The first kappa shape index (κ1) is 12.6.